The first-order chi connectivity index (χ1) is 20.9. The van der Waals surface area contributed by atoms with Crippen LogP contribution in [0.5, 0.6) is 0 Å². The number of ether oxygens (including phenoxy) is 1. The van der Waals surface area contributed by atoms with Crippen LogP contribution in [0.25, 0.3) is 0 Å². The Kier molecular flexibility index (Phi) is 10.3. The van der Waals surface area contributed by atoms with Gasteiger partial charge in [0.15, 0.2) is 0 Å². The van der Waals surface area contributed by atoms with Gasteiger partial charge in [-0.3, -0.25) is 9.59 Å². The molecule has 2 fully saturated rings. The molecule has 0 radical (unpaired) electrons. The number of piperidine rings is 1. The average Bonchev–Trinajstić information content (AvgIpc) is 3.03. The summed E-state index contributed by atoms with van der Waals surface area (Å²) in [5.41, 5.74) is 2.18. The molecule has 9 heteroatoms. The van der Waals surface area contributed by atoms with E-state index >= 15 is 0 Å². The Morgan fingerprint density at radius 2 is 1.60 bits per heavy atom. The van der Waals surface area contributed by atoms with Crippen LogP contribution in [-0.4, -0.2) is 65.5 Å². The van der Waals surface area contributed by atoms with Crippen molar-refractivity contribution in [3.8, 4) is 0 Å². The predicted molar refractivity (Wildman–Crippen MR) is 166 cm³/mol. The van der Waals surface area contributed by atoms with E-state index < -0.39 is 17.7 Å². The Morgan fingerprint density at radius 3 is 2.30 bits per heavy atom. The fourth-order valence-electron chi connectivity index (χ4n) is 5.96. The monoisotopic (exact) mass is 602 g/mol. The molecule has 0 saturated carbocycles. The number of amides is 3. The second-order valence-electron chi connectivity index (χ2n) is 11.3. The number of hydrogen-bond acceptors (Lipinski definition) is 5. The summed E-state index contributed by atoms with van der Waals surface area (Å²) in [4.78, 5) is 44.1. The van der Waals surface area contributed by atoms with Crippen molar-refractivity contribution in [1.82, 2.24) is 20.4 Å². The van der Waals surface area contributed by atoms with E-state index in [1.54, 1.807) is 11.0 Å². The fraction of sp³-hybridized carbons (Fsp3) is 0.382. The van der Waals surface area contributed by atoms with E-state index in [0.29, 0.717) is 43.8 Å². The van der Waals surface area contributed by atoms with Crippen LogP contribution >= 0.6 is 11.6 Å². The van der Waals surface area contributed by atoms with E-state index in [9.17, 15) is 14.4 Å². The molecule has 3 amide bonds. The maximum absolute atomic E-state index is 14.0. The molecule has 1 spiro atoms. The van der Waals surface area contributed by atoms with Crippen molar-refractivity contribution in [2.45, 2.75) is 56.8 Å². The molecule has 0 aromatic heterocycles. The van der Waals surface area contributed by atoms with Crippen LogP contribution < -0.4 is 10.6 Å². The molecule has 5 rings (SSSR count). The van der Waals surface area contributed by atoms with Crippen LogP contribution in [0.3, 0.4) is 0 Å². The zero-order chi connectivity index (χ0) is 30.1. The third kappa shape index (κ3) is 7.94. The normalized spacial score (nSPS) is 18.3. The first-order valence-electron chi connectivity index (χ1n) is 15.0. The lowest BCUT2D eigenvalue weighted by Gasteiger charge is -2.51. The Morgan fingerprint density at radius 1 is 0.930 bits per heavy atom. The summed E-state index contributed by atoms with van der Waals surface area (Å²) in [5.74, 6) is -0.193. The summed E-state index contributed by atoms with van der Waals surface area (Å²) in [6, 6.07) is 26.7. The van der Waals surface area contributed by atoms with Gasteiger partial charge >= 0.3 is 6.09 Å². The van der Waals surface area contributed by atoms with Gasteiger partial charge in [-0.05, 0) is 60.9 Å². The maximum Gasteiger partial charge on any atom is 0.407 e. The molecule has 3 aromatic rings. The second-order valence-corrected chi connectivity index (χ2v) is 11.8. The Labute approximate surface area is 258 Å². The van der Waals surface area contributed by atoms with Gasteiger partial charge in [-0.15, -0.1) is 0 Å². The topological polar surface area (TPSA) is 91.0 Å². The lowest BCUT2D eigenvalue weighted by molar-refractivity contribution is -0.162. The number of nitrogens with zero attached hydrogens (tertiary/aromatic N) is 2. The first-order valence-corrected chi connectivity index (χ1v) is 15.4. The van der Waals surface area contributed by atoms with Gasteiger partial charge in [0.05, 0.1) is 0 Å². The number of piperazine rings is 1. The highest BCUT2D eigenvalue weighted by Crippen LogP contribution is 2.35. The molecule has 226 valence electrons. The van der Waals surface area contributed by atoms with E-state index in [2.05, 4.69) is 39.8 Å². The molecule has 8 nitrogen and oxygen atoms in total. The molecule has 2 heterocycles. The molecule has 0 aliphatic carbocycles. The molecule has 1 atom stereocenters. The lowest BCUT2D eigenvalue weighted by atomic mass is 9.81. The summed E-state index contributed by atoms with van der Waals surface area (Å²) in [6.45, 7) is 3.22. The first kappa shape index (κ1) is 30.6. The lowest BCUT2D eigenvalue weighted by Crippen LogP contribution is -2.72. The SMILES string of the molecule is O=C(NCCC[C@@H]1NC(=O)C2(CCN(CCc3ccccc3)CC2)N(Cc2cccc(Cl)c2)C1=O)OCc1ccccc1. The smallest absolute Gasteiger partial charge is 0.407 e. The quantitative estimate of drug-likeness (QED) is 0.303. The highest BCUT2D eigenvalue weighted by Gasteiger charge is 2.53. The van der Waals surface area contributed by atoms with Crippen LogP contribution in [0.1, 0.15) is 42.4 Å². The van der Waals surface area contributed by atoms with E-state index in [-0.39, 0.29) is 18.4 Å². The van der Waals surface area contributed by atoms with E-state index in [1.165, 1.54) is 5.56 Å². The molecule has 0 unspecified atom stereocenters. The molecule has 0 bridgehead atoms. The van der Waals surface area contributed by atoms with Gasteiger partial charge in [-0.1, -0.05) is 84.4 Å². The van der Waals surface area contributed by atoms with Gasteiger partial charge in [0, 0.05) is 37.7 Å². The maximum atomic E-state index is 14.0. The van der Waals surface area contributed by atoms with Crippen molar-refractivity contribution in [2.75, 3.05) is 26.2 Å². The fourth-order valence-corrected chi connectivity index (χ4v) is 6.18. The van der Waals surface area contributed by atoms with Crippen LogP contribution in [0.4, 0.5) is 4.79 Å². The van der Waals surface area contributed by atoms with Crippen LogP contribution in [-0.2, 0) is 33.9 Å². The van der Waals surface area contributed by atoms with Crippen molar-refractivity contribution >= 4 is 29.5 Å². The second kappa shape index (κ2) is 14.5. The highest BCUT2D eigenvalue weighted by atomic mass is 35.5. The molecule has 2 N–H and O–H groups in total. The van der Waals surface area contributed by atoms with Crippen LogP contribution in [0, 0.1) is 0 Å². The van der Waals surface area contributed by atoms with Crippen molar-refractivity contribution < 1.29 is 19.1 Å². The number of benzene rings is 3. The third-order valence-electron chi connectivity index (χ3n) is 8.43. The average molecular weight is 603 g/mol. The van der Waals surface area contributed by atoms with Crippen LogP contribution in [0.2, 0.25) is 5.02 Å². The Balaban J connectivity index is 1.18. The van der Waals surface area contributed by atoms with Crippen molar-refractivity contribution in [3.63, 3.8) is 0 Å². The van der Waals surface area contributed by atoms with Gasteiger partial charge in [0.2, 0.25) is 11.8 Å². The van der Waals surface area contributed by atoms with E-state index in [1.807, 2.05) is 54.6 Å². The molecule has 3 aromatic carbocycles. The van der Waals surface area contributed by atoms with Crippen molar-refractivity contribution in [3.05, 3.63) is 107 Å². The molecule has 2 aliphatic heterocycles. The minimum absolute atomic E-state index is 0.0936. The largest absolute Gasteiger partial charge is 0.445 e. The van der Waals surface area contributed by atoms with Gasteiger partial charge in [0.25, 0.3) is 0 Å². The Hall–Kier alpha value is -3.88. The third-order valence-corrected chi connectivity index (χ3v) is 8.67. The number of rotatable bonds is 11. The summed E-state index contributed by atoms with van der Waals surface area (Å²) >= 11 is 6.27. The Bertz CT molecular complexity index is 1380. The number of likely N-dealkylation sites (tertiary alicyclic amines) is 1. The van der Waals surface area contributed by atoms with Gasteiger partial charge < -0.3 is 25.2 Å². The molecule has 43 heavy (non-hydrogen) atoms. The molecular formula is C34H39ClN4O4. The summed E-state index contributed by atoms with van der Waals surface area (Å²) in [6.07, 6.45) is 2.50. The van der Waals surface area contributed by atoms with Crippen molar-refractivity contribution in [2.24, 2.45) is 0 Å². The number of alkyl carbamates (subject to hydrolysis) is 1. The van der Waals surface area contributed by atoms with Gasteiger partial charge in [0.1, 0.15) is 18.2 Å². The zero-order valence-corrected chi connectivity index (χ0v) is 25.1. The van der Waals surface area contributed by atoms with E-state index in [0.717, 1.165) is 37.2 Å². The summed E-state index contributed by atoms with van der Waals surface area (Å²) < 4.78 is 5.27. The van der Waals surface area contributed by atoms with Gasteiger partial charge in [-0.2, -0.15) is 0 Å². The minimum atomic E-state index is -0.904. The van der Waals surface area contributed by atoms with Crippen LogP contribution in [0.15, 0.2) is 84.9 Å². The molecular weight excluding hydrogens is 564 g/mol. The number of halogens is 1. The van der Waals surface area contributed by atoms with Crippen molar-refractivity contribution in [1.29, 1.82) is 0 Å². The van der Waals surface area contributed by atoms with Gasteiger partial charge in [-0.25, -0.2) is 4.79 Å². The molecule has 2 saturated heterocycles. The summed E-state index contributed by atoms with van der Waals surface area (Å²) in [5, 5.41) is 6.38. The zero-order valence-electron chi connectivity index (χ0n) is 24.3. The highest BCUT2D eigenvalue weighted by molar-refractivity contribution is 6.30. The molecule has 2 aliphatic rings. The van der Waals surface area contributed by atoms with E-state index in [4.69, 9.17) is 16.3 Å². The standard InChI is InChI=1S/C34H39ClN4O4/c35-29-14-7-13-28(23-29)24-39-31(40)30(15-8-19-36-33(42)43-25-27-11-5-2-6-12-27)37-32(41)34(39)17-21-38(22-18-34)20-16-26-9-3-1-4-10-26/h1-7,9-14,23,30H,8,15-22,24-25H2,(H,36,42)(H,37,41)/t30-/m0/s1. The minimum Gasteiger partial charge on any atom is -0.445 e. The number of hydrogen-bond donors (Lipinski definition) is 2. The number of nitrogens with one attached hydrogen (secondary N) is 2. The summed E-state index contributed by atoms with van der Waals surface area (Å²) in [7, 11) is 0. The number of carbonyl (C=O) groups excluding carboxylic acids is 3. The predicted octanol–water partition coefficient (Wildman–Crippen LogP) is 4.95. The number of carbonyl (C=O) groups is 3.